The van der Waals surface area contributed by atoms with E-state index in [0.717, 1.165) is 12.1 Å². The quantitative estimate of drug-likeness (QED) is 0.466. The maximum Gasteiger partial charge on any atom is 0.410 e. The van der Waals surface area contributed by atoms with Crippen molar-refractivity contribution in [1.29, 1.82) is 0 Å². The van der Waals surface area contributed by atoms with Gasteiger partial charge in [-0.05, 0) is 77.8 Å². The first kappa shape index (κ1) is 30.8. The van der Waals surface area contributed by atoms with E-state index < -0.39 is 52.4 Å². The third-order valence-electron chi connectivity index (χ3n) is 6.88. The molecule has 2 atom stereocenters. The topological polar surface area (TPSA) is 108 Å². The molecule has 0 bridgehead atoms. The Kier molecular flexibility index (Phi) is 8.52. The number of carbonyl (C=O) groups is 3. The summed E-state index contributed by atoms with van der Waals surface area (Å²) in [6.45, 7) is 11.5. The van der Waals surface area contributed by atoms with Crippen LogP contribution in [0.3, 0.4) is 0 Å². The second kappa shape index (κ2) is 11.6. The number of amides is 2. The molecule has 0 aliphatic carbocycles. The van der Waals surface area contributed by atoms with Crippen molar-refractivity contribution >= 4 is 18.0 Å². The first-order chi connectivity index (χ1) is 19.5. The fourth-order valence-corrected chi connectivity index (χ4v) is 5.17. The zero-order valence-corrected chi connectivity index (χ0v) is 24.7. The number of carboxylic acids is 1. The van der Waals surface area contributed by atoms with Crippen LogP contribution >= 0.6 is 0 Å². The number of halogens is 2. The molecule has 0 aromatic heterocycles. The fraction of sp³-hybridized carbons (Fsp3) is 0.452. The van der Waals surface area contributed by atoms with Gasteiger partial charge in [0.15, 0.2) is 17.4 Å². The minimum Gasteiger partial charge on any atom is -0.477 e. The second-order valence-corrected chi connectivity index (χ2v) is 12.6. The van der Waals surface area contributed by atoms with Crippen molar-refractivity contribution in [2.75, 3.05) is 19.6 Å². The molecule has 11 heteroatoms. The summed E-state index contributed by atoms with van der Waals surface area (Å²) in [5, 5.41) is 13.2. The van der Waals surface area contributed by atoms with Crippen LogP contribution in [0, 0.1) is 11.6 Å². The molecule has 2 heterocycles. The highest BCUT2D eigenvalue weighted by Gasteiger charge is 2.45. The van der Waals surface area contributed by atoms with Gasteiger partial charge < -0.3 is 29.7 Å². The van der Waals surface area contributed by atoms with Gasteiger partial charge in [-0.2, -0.15) is 0 Å². The third-order valence-corrected chi connectivity index (χ3v) is 6.88. The standard InChI is InChI=1S/C31H37F2N3O6/c1-30(2,3)34-27(37)24-21(18-10-12-20(13-11-18)41-26-22(32)8-7-9-23(26)33)17-36(25(24)28(38)39)19-14-15-35(16-19)29(40)42-31(4,5)6/h7-13,19,21H,14-17H2,1-6H3,(H,34,37)(H,38,39)/t19-,21?/m1/s1. The molecule has 2 aromatic rings. The number of aliphatic carboxylic acids is 1. The van der Waals surface area contributed by atoms with E-state index in [1.54, 1.807) is 63.5 Å². The molecular weight excluding hydrogens is 548 g/mol. The highest BCUT2D eigenvalue weighted by atomic mass is 19.1. The first-order valence-electron chi connectivity index (χ1n) is 13.8. The van der Waals surface area contributed by atoms with Gasteiger partial charge in [0.1, 0.15) is 17.0 Å². The molecule has 42 heavy (non-hydrogen) atoms. The summed E-state index contributed by atoms with van der Waals surface area (Å²) in [5.74, 6) is -4.45. The van der Waals surface area contributed by atoms with E-state index in [9.17, 15) is 28.3 Å². The number of benzene rings is 2. The van der Waals surface area contributed by atoms with Gasteiger partial charge in [-0.1, -0.05) is 18.2 Å². The normalized spacial score (nSPS) is 19.2. The monoisotopic (exact) mass is 585 g/mol. The molecule has 9 nitrogen and oxygen atoms in total. The third kappa shape index (κ3) is 7.00. The largest absolute Gasteiger partial charge is 0.477 e. The fourth-order valence-electron chi connectivity index (χ4n) is 5.17. The van der Waals surface area contributed by atoms with Gasteiger partial charge in [-0.25, -0.2) is 18.4 Å². The summed E-state index contributed by atoms with van der Waals surface area (Å²) in [5.41, 5.74) is -0.701. The van der Waals surface area contributed by atoms with Crippen LogP contribution in [0.2, 0.25) is 0 Å². The molecule has 226 valence electrons. The lowest BCUT2D eigenvalue weighted by Gasteiger charge is -2.29. The molecule has 0 radical (unpaired) electrons. The number of hydrogen-bond donors (Lipinski definition) is 2. The Morgan fingerprint density at radius 1 is 0.952 bits per heavy atom. The number of likely N-dealkylation sites (tertiary alicyclic amines) is 1. The lowest BCUT2D eigenvalue weighted by Crippen LogP contribution is -2.42. The van der Waals surface area contributed by atoms with Crippen LogP contribution in [0.15, 0.2) is 53.7 Å². The number of nitrogens with one attached hydrogen (secondary N) is 1. The van der Waals surface area contributed by atoms with Crippen LogP contribution in [0.4, 0.5) is 13.6 Å². The zero-order chi connectivity index (χ0) is 31.0. The summed E-state index contributed by atoms with van der Waals surface area (Å²) in [7, 11) is 0. The Balaban J connectivity index is 1.65. The average Bonchev–Trinajstić information content (AvgIpc) is 3.50. The number of rotatable bonds is 6. The SMILES string of the molecule is CC(C)(C)NC(=O)C1=C(C(=O)O)N([C@@H]2CCN(C(=O)OC(C)(C)C)C2)CC1c1ccc(Oc2c(F)cccc2F)cc1. The van der Waals surface area contributed by atoms with E-state index in [4.69, 9.17) is 9.47 Å². The molecule has 2 aliphatic heterocycles. The summed E-state index contributed by atoms with van der Waals surface area (Å²) in [6.07, 6.45) is 0.0203. The van der Waals surface area contributed by atoms with E-state index in [0.29, 0.717) is 18.5 Å². The molecule has 2 aromatic carbocycles. The number of carbonyl (C=O) groups excluding carboxylic acids is 2. The summed E-state index contributed by atoms with van der Waals surface area (Å²) in [4.78, 5) is 42.2. The van der Waals surface area contributed by atoms with Crippen LogP contribution in [-0.2, 0) is 14.3 Å². The van der Waals surface area contributed by atoms with Crippen LogP contribution in [0.5, 0.6) is 11.5 Å². The van der Waals surface area contributed by atoms with Crippen molar-refractivity contribution in [3.8, 4) is 11.5 Å². The minimum absolute atomic E-state index is 0.0990. The van der Waals surface area contributed by atoms with Crippen molar-refractivity contribution in [1.82, 2.24) is 15.1 Å². The Morgan fingerprint density at radius 2 is 1.57 bits per heavy atom. The molecule has 1 fully saturated rings. The van der Waals surface area contributed by atoms with E-state index in [2.05, 4.69) is 5.32 Å². The van der Waals surface area contributed by atoms with Gasteiger partial charge in [-0.3, -0.25) is 4.79 Å². The van der Waals surface area contributed by atoms with Crippen molar-refractivity contribution in [3.05, 3.63) is 70.9 Å². The molecule has 1 saturated heterocycles. The van der Waals surface area contributed by atoms with E-state index in [1.807, 2.05) is 0 Å². The maximum absolute atomic E-state index is 14.1. The van der Waals surface area contributed by atoms with Crippen molar-refractivity contribution in [2.24, 2.45) is 0 Å². The van der Waals surface area contributed by atoms with E-state index in [1.165, 1.54) is 18.2 Å². The zero-order valence-electron chi connectivity index (χ0n) is 24.7. The van der Waals surface area contributed by atoms with Gasteiger partial charge in [0.2, 0.25) is 0 Å². The molecule has 2 aliphatic rings. The minimum atomic E-state index is -1.25. The molecule has 0 spiro atoms. The lowest BCUT2D eigenvalue weighted by atomic mass is 9.91. The first-order valence-corrected chi connectivity index (χ1v) is 13.8. The van der Waals surface area contributed by atoms with Crippen molar-refractivity contribution < 1.29 is 37.7 Å². The smallest absolute Gasteiger partial charge is 0.410 e. The van der Waals surface area contributed by atoms with Crippen LogP contribution in [-0.4, -0.2) is 69.7 Å². The summed E-state index contributed by atoms with van der Waals surface area (Å²) >= 11 is 0. The molecular formula is C31H37F2N3O6. The molecule has 1 unspecified atom stereocenters. The van der Waals surface area contributed by atoms with E-state index in [-0.39, 0.29) is 36.2 Å². The Hall–Kier alpha value is -4.15. The molecule has 4 rings (SSSR count). The Morgan fingerprint density at radius 3 is 2.12 bits per heavy atom. The van der Waals surface area contributed by atoms with Gasteiger partial charge >= 0.3 is 12.1 Å². The number of hydrogen-bond acceptors (Lipinski definition) is 6. The predicted octanol–water partition coefficient (Wildman–Crippen LogP) is 5.42. The number of ether oxygens (including phenoxy) is 2. The van der Waals surface area contributed by atoms with Crippen LogP contribution in [0.25, 0.3) is 0 Å². The van der Waals surface area contributed by atoms with E-state index >= 15 is 0 Å². The van der Waals surface area contributed by atoms with Gasteiger partial charge in [-0.15, -0.1) is 0 Å². The molecule has 2 N–H and O–H groups in total. The number of para-hydroxylation sites is 1. The Labute approximate surface area is 244 Å². The van der Waals surface area contributed by atoms with Gasteiger partial charge in [0.05, 0.1) is 5.57 Å². The highest BCUT2D eigenvalue weighted by molar-refractivity contribution is 6.04. The highest BCUT2D eigenvalue weighted by Crippen LogP contribution is 2.40. The Bertz CT molecular complexity index is 1370. The van der Waals surface area contributed by atoms with Crippen molar-refractivity contribution in [2.45, 2.75) is 71.1 Å². The van der Waals surface area contributed by atoms with Gasteiger partial charge in [0, 0.05) is 37.1 Å². The average molecular weight is 586 g/mol. The van der Waals surface area contributed by atoms with Crippen LogP contribution < -0.4 is 10.1 Å². The number of carboxylic acid groups (broad SMARTS) is 1. The second-order valence-electron chi connectivity index (χ2n) is 12.6. The van der Waals surface area contributed by atoms with Crippen LogP contribution in [0.1, 0.15) is 59.4 Å². The van der Waals surface area contributed by atoms with Crippen molar-refractivity contribution in [3.63, 3.8) is 0 Å². The molecule has 0 saturated carbocycles. The predicted molar refractivity (Wildman–Crippen MR) is 151 cm³/mol. The lowest BCUT2D eigenvalue weighted by molar-refractivity contribution is -0.135. The summed E-state index contributed by atoms with van der Waals surface area (Å²) < 4.78 is 39.1. The number of nitrogens with zero attached hydrogens (tertiary/aromatic N) is 2. The maximum atomic E-state index is 14.1. The summed E-state index contributed by atoms with van der Waals surface area (Å²) in [6, 6.07) is 9.39. The molecule has 2 amide bonds. The van der Waals surface area contributed by atoms with Gasteiger partial charge in [0.25, 0.3) is 5.91 Å².